The minimum Gasteiger partial charge on any atom is -0.481 e. The molecule has 1 heterocycles. The monoisotopic (exact) mass is 281 g/mol. The van der Waals surface area contributed by atoms with E-state index in [-0.39, 0.29) is 12.4 Å². The SMILES string of the molecule is CCSC1CCCCN(CCCC(=O)O)C1.Cl. The number of carboxylic acids is 1. The second-order valence-corrected chi connectivity index (χ2v) is 5.95. The molecule has 5 heteroatoms. The molecule has 0 aliphatic carbocycles. The van der Waals surface area contributed by atoms with Gasteiger partial charge in [-0.2, -0.15) is 11.8 Å². The Hall–Kier alpha value is 0.0700. The zero-order valence-electron chi connectivity index (χ0n) is 10.6. The third-order valence-corrected chi connectivity index (χ3v) is 4.17. The Kier molecular flexibility index (Phi) is 10.1. The molecule has 0 spiro atoms. The van der Waals surface area contributed by atoms with Crippen LogP contribution in [0.15, 0.2) is 0 Å². The summed E-state index contributed by atoms with van der Waals surface area (Å²) in [6.07, 6.45) is 5.02. The van der Waals surface area contributed by atoms with Crippen LogP contribution in [0.1, 0.15) is 39.0 Å². The van der Waals surface area contributed by atoms with Gasteiger partial charge in [0.15, 0.2) is 0 Å². The Labute approximate surface area is 115 Å². The number of aliphatic carboxylic acids is 1. The molecule has 0 aromatic heterocycles. The topological polar surface area (TPSA) is 40.5 Å². The first-order valence-electron chi connectivity index (χ1n) is 6.28. The van der Waals surface area contributed by atoms with Gasteiger partial charge in [-0.25, -0.2) is 0 Å². The van der Waals surface area contributed by atoms with E-state index in [1.165, 1.54) is 25.0 Å². The molecule has 3 nitrogen and oxygen atoms in total. The molecule has 0 aromatic carbocycles. The fourth-order valence-electron chi connectivity index (χ4n) is 2.21. The Balaban J connectivity index is 0.00000256. The molecule has 1 saturated heterocycles. The molecule has 1 fully saturated rings. The lowest BCUT2D eigenvalue weighted by Gasteiger charge is -2.23. The Bertz CT molecular complexity index is 217. The number of likely N-dealkylation sites (tertiary alicyclic amines) is 1. The highest BCUT2D eigenvalue weighted by atomic mass is 35.5. The lowest BCUT2D eigenvalue weighted by molar-refractivity contribution is -0.137. The van der Waals surface area contributed by atoms with Crippen molar-refractivity contribution in [2.75, 3.05) is 25.4 Å². The van der Waals surface area contributed by atoms with Crippen molar-refractivity contribution >= 4 is 30.1 Å². The summed E-state index contributed by atoms with van der Waals surface area (Å²) in [5.74, 6) is 0.516. The van der Waals surface area contributed by atoms with Gasteiger partial charge in [0.2, 0.25) is 0 Å². The predicted molar refractivity (Wildman–Crippen MR) is 76.3 cm³/mol. The van der Waals surface area contributed by atoms with Crippen molar-refractivity contribution in [3.8, 4) is 0 Å². The van der Waals surface area contributed by atoms with Crippen LogP contribution in [0, 0.1) is 0 Å². The second kappa shape index (κ2) is 10.0. The highest BCUT2D eigenvalue weighted by Crippen LogP contribution is 2.22. The summed E-state index contributed by atoms with van der Waals surface area (Å²) in [7, 11) is 0. The molecule has 17 heavy (non-hydrogen) atoms. The van der Waals surface area contributed by atoms with E-state index < -0.39 is 5.97 Å². The molecule has 102 valence electrons. The fraction of sp³-hybridized carbons (Fsp3) is 0.917. The van der Waals surface area contributed by atoms with Crippen LogP contribution in [-0.2, 0) is 4.79 Å². The normalized spacial score (nSPS) is 21.6. The molecule has 0 radical (unpaired) electrons. The molecule has 0 aromatic rings. The van der Waals surface area contributed by atoms with Crippen LogP contribution in [0.25, 0.3) is 0 Å². The maximum Gasteiger partial charge on any atom is 0.303 e. The molecule has 0 amide bonds. The number of hydrogen-bond donors (Lipinski definition) is 1. The summed E-state index contributed by atoms with van der Waals surface area (Å²) in [5, 5.41) is 9.37. The predicted octanol–water partition coefficient (Wildman–Crippen LogP) is 2.88. The van der Waals surface area contributed by atoms with E-state index in [1.54, 1.807) is 0 Å². The summed E-state index contributed by atoms with van der Waals surface area (Å²) in [6, 6.07) is 0. The lowest BCUT2D eigenvalue weighted by Crippen LogP contribution is -2.31. The van der Waals surface area contributed by atoms with Crippen LogP contribution in [0.3, 0.4) is 0 Å². The van der Waals surface area contributed by atoms with Crippen LogP contribution < -0.4 is 0 Å². The summed E-state index contributed by atoms with van der Waals surface area (Å²) >= 11 is 2.05. The molecule has 1 aliphatic heterocycles. The number of hydrogen-bond acceptors (Lipinski definition) is 3. The summed E-state index contributed by atoms with van der Waals surface area (Å²) in [6.45, 7) is 5.47. The second-order valence-electron chi connectivity index (χ2n) is 4.37. The van der Waals surface area contributed by atoms with E-state index in [4.69, 9.17) is 5.11 Å². The number of carboxylic acid groups (broad SMARTS) is 1. The summed E-state index contributed by atoms with van der Waals surface area (Å²) in [4.78, 5) is 12.9. The van der Waals surface area contributed by atoms with Crippen molar-refractivity contribution in [2.24, 2.45) is 0 Å². The number of carbonyl (C=O) groups is 1. The average Bonchev–Trinajstić information content (AvgIpc) is 2.44. The van der Waals surface area contributed by atoms with Gasteiger partial charge in [0, 0.05) is 18.2 Å². The zero-order valence-corrected chi connectivity index (χ0v) is 12.2. The molecule has 0 saturated carbocycles. The highest BCUT2D eigenvalue weighted by Gasteiger charge is 2.17. The molecule has 0 bridgehead atoms. The summed E-state index contributed by atoms with van der Waals surface area (Å²) in [5.41, 5.74) is 0. The summed E-state index contributed by atoms with van der Waals surface area (Å²) < 4.78 is 0. The van der Waals surface area contributed by atoms with E-state index in [1.807, 2.05) is 0 Å². The van der Waals surface area contributed by atoms with Crippen LogP contribution in [0.5, 0.6) is 0 Å². The van der Waals surface area contributed by atoms with Gasteiger partial charge < -0.3 is 10.0 Å². The van der Waals surface area contributed by atoms with Gasteiger partial charge in [-0.3, -0.25) is 4.79 Å². The smallest absolute Gasteiger partial charge is 0.303 e. The number of halogens is 1. The highest BCUT2D eigenvalue weighted by molar-refractivity contribution is 7.99. The van der Waals surface area contributed by atoms with E-state index in [0.29, 0.717) is 6.42 Å². The number of nitrogens with zero attached hydrogens (tertiary/aromatic N) is 1. The van der Waals surface area contributed by atoms with Crippen molar-refractivity contribution in [1.29, 1.82) is 0 Å². The third kappa shape index (κ3) is 7.90. The molecular weight excluding hydrogens is 258 g/mol. The number of thioether (sulfide) groups is 1. The third-order valence-electron chi connectivity index (χ3n) is 2.98. The molecule has 1 aliphatic rings. The Morgan fingerprint density at radius 1 is 1.47 bits per heavy atom. The van der Waals surface area contributed by atoms with Crippen molar-refractivity contribution < 1.29 is 9.90 Å². The molecule has 1 rings (SSSR count). The first kappa shape index (κ1) is 17.1. The van der Waals surface area contributed by atoms with Crippen molar-refractivity contribution in [3.63, 3.8) is 0 Å². The van der Waals surface area contributed by atoms with E-state index in [9.17, 15) is 4.79 Å². The number of rotatable bonds is 6. The van der Waals surface area contributed by atoms with E-state index >= 15 is 0 Å². The minimum atomic E-state index is -0.672. The first-order valence-corrected chi connectivity index (χ1v) is 7.33. The van der Waals surface area contributed by atoms with Crippen LogP contribution >= 0.6 is 24.2 Å². The minimum absolute atomic E-state index is 0. The Morgan fingerprint density at radius 2 is 2.24 bits per heavy atom. The van der Waals surface area contributed by atoms with Gasteiger partial charge in [0.1, 0.15) is 0 Å². The Morgan fingerprint density at radius 3 is 2.88 bits per heavy atom. The fourth-order valence-corrected chi connectivity index (χ4v) is 3.33. The zero-order chi connectivity index (χ0) is 11.8. The molecule has 1 N–H and O–H groups in total. The lowest BCUT2D eigenvalue weighted by atomic mass is 10.2. The standard InChI is InChI=1S/C12H23NO2S.ClH/c1-2-16-11-6-3-4-8-13(10-11)9-5-7-12(14)15;/h11H,2-10H2,1H3,(H,14,15);1H. The van der Waals surface area contributed by atoms with Gasteiger partial charge in [0.05, 0.1) is 0 Å². The van der Waals surface area contributed by atoms with Crippen LogP contribution in [-0.4, -0.2) is 46.6 Å². The maximum absolute atomic E-state index is 10.5. The molecule has 1 atom stereocenters. The van der Waals surface area contributed by atoms with Crippen molar-refractivity contribution in [2.45, 2.75) is 44.3 Å². The van der Waals surface area contributed by atoms with Gasteiger partial charge >= 0.3 is 5.97 Å². The largest absolute Gasteiger partial charge is 0.481 e. The van der Waals surface area contributed by atoms with Crippen LogP contribution in [0.2, 0.25) is 0 Å². The van der Waals surface area contributed by atoms with Crippen molar-refractivity contribution in [1.82, 2.24) is 4.90 Å². The van der Waals surface area contributed by atoms with Gasteiger partial charge in [-0.15, -0.1) is 12.4 Å². The average molecular weight is 282 g/mol. The molecule has 1 unspecified atom stereocenters. The van der Waals surface area contributed by atoms with Crippen LogP contribution in [0.4, 0.5) is 0 Å². The van der Waals surface area contributed by atoms with Gasteiger partial charge in [0.25, 0.3) is 0 Å². The van der Waals surface area contributed by atoms with E-state index in [0.717, 1.165) is 31.3 Å². The first-order chi connectivity index (χ1) is 7.72. The maximum atomic E-state index is 10.5. The van der Waals surface area contributed by atoms with Gasteiger partial charge in [-0.1, -0.05) is 13.3 Å². The quantitative estimate of drug-likeness (QED) is 0.813. The van der Waals surface area contributed by atoms with Crippen molar-refractivity contribution in [3.05, 3.63) is 0 Å². The van der Waals surface area contributed by atoms with Gasteiger partial charge in [-0.05, 0) is 38.1 Å². The van der Waals surface area contributed by atoms with E-state index in [2.05, 4.69) is 23.6 Å². The molecular formula is C12H24ClNO2S.